The number of aliphatic carboxylic acids is 1. The van der Waals surface area contributed by atoms with E-state index in [9.17, 15) is 9.90 Å². The van der Waals surface area contributed by atoms with Gasteiger partial charge in [0.25, 0.3) is 0 Å². The molecule has 0 saturated carbocycles. The maximum absolute atomic E-state index is 11.2. The summed E-state index contributed by atoms with van der Waals surface area (Å²) in [5.74, 6) is 2.24. The van der Waals surface area contributed by atoms with Crippen molar-refractivity contribution in [2.45, 2.75) is 26.2 Å². The minimum absolute atomic E-state index is 0.611. The molecule has 92 valence electrons. The molecule has 1 aromatic rings. The smallest absolute Gasteiger partial charge is 0.309 e. The van der Waals surface area contributed by atoms with E-state index in [0.717, 1.165) is 0 Å². The van der Waals surface area contributed by atoms with Gasteiger partial charge in [0.2, 0.25) is 0 Å². The Labute approximate surface area is 106 Å². The Morgan fingerprint density at radius 2 is 2.06 bits per heavy atom. The fourth-order valence-corrected chi connectivity index (χ4v) is 2.89. The predicted octanol–water partition coefficient (Wildman–Crippen LogP) is 3.17. The number of benzene rings is 1. The molecule has 0 radical (unpaired) electrons. The molecular weight excluding hydrogens is 232 g/mol. The summed E-state index contributed by atoms with van der Waals surface area (Å²) in [6.45, 7) is 3.59. The topological polar surface area (TPSA) is 37.3 Å². The van der Waals surface area contributed by atoms with E-state index in [1.807, 2.05) is 17.8 Å². The second kappa shape index (κ2) is 4.73. The van der Waals surface area contributed by atoms with Gasteiger partial charge in [0, 0.05) is 17.4 Å². The van der Waals surface area contributed by atoms with Crippen molar-refractivity contribution in [1.29, 1.82) is 0 Å². The second-order valence-corrected chi connectivity index (χ2v) is 6.37. The van der Waals surface area contributed by atoms with Gasteiger partial charge in [0.05, 0.1) is 5.41 Å². The van der Waals surface area contributed by atoms with E-state index in [2.05, 4.69) is 18.2 Å². The summed E-state index contributed by atoms with van der Waals surface area (Å²) in [7, 11) is 0. The molecule has 1 aromatic carbocycles. The number of carboxylic acid groups (broad SMARTS) is 1. The lowest BCUT2D eigenvalue weighted by Crippen LogP contribution is -2.27. The van der Waals surface area contributed by atoms with Crippen molar-refractivity contribution < 1.29 is 9.90 Å². The van der Waals surface area contributed by atoms with Crippen LogP contribution in [0.5, 0.6) is 0 Å². The minimum atomic E-state index is -0.727. The van der Waals surface area contributed by atoms with Crippen LogP contribution in [0.2, 0.25) is 0 Å². The van der Waals surface area contributed by atoms with Crippen LogP contribution < -0.4 is 0 Å². The lowest BCUT2D eigenvalue weighted by Gasteiger charge is -2.29. The highest BCUT2D eigenvalue weighted by Crippen LogP contribution is 2.37. The van der Waals surface area contributed by atoms with Gasteiger partial charge in [-0.1, -0.05) is 24.3 Å². The van der Waals surface area contributed by atoms with Gasteiger partial charge in [-0.2, -0.15) is 11.8 Å². The molecule has 1 aliphatic rings. The second-order valence-electron chi connectivity index (χ2n) is 5.30. The molecule has 1 aliphatic heterocycles. The normalized spacial score (nSPS) is 16.6. The number of hydrogen-bond donors (Lipinski definition) is 1. The maximum Gasteiger partial charge on any atom is 0.309 e. The largest absolute Gasteiger partial charge is 0.481 e. The van der Waals surface area contributed by atoms with Crippen LogP contribution in [-0.4, -0.2) is 22.6 Å². The molecule has 0 atom stereocenters. The first-order valence-corrected chi connectivity index (χ1v) is 7.05. The van der Waals surface area contributed by atoms with Crippen molar-refractivity contribution in [3.63, 3.8) is 0 Å². The van der Waals surface area contributed by atoms with Crippen LogP contribution in [0.3, 0.4) is 0 Å². The molecule has 2 rings (SSSR count). The lowest BCUT2D eigenvalue weighted by molar-refractivity contribution is -0.146. The summed E-state index contributed by atoms with van der Waals surface area (Å²) in [4.78, 5) is 11.2. The summed E-state index contributed by atoms with van der Waals surface area (Å²) in [6, 6.07) is 8.28. The zero-order chi connectivity index (χ0) is 12.5. The van der Waals surface area contributed by atoms with Crippen LogP contribution in [0, 0.1) is 5.41 Å². The SMILES string of the molecule is CC(C)(Cc1ccccc1C1CSC1)C(=O)O. The number of thioether (sulfide) groups is 1. The Morgan fingerprint density at radius 1 is 1.41 bits per heavy atom. The predicted molar refractivity (Wildman–Crippen MR) is 71.6 cm³/mol. The zero-order valence-corrected chi connectivity index (χ0v) is 11.1. The third-order valence-corrected chi connectivity index (χ3v) is 4.62. The monoisotopic (exact) mass is 250 g/mol. The summed E-state index contributed by atoms with van der Waals surface area (Å²) >= 11 is 1.96. The number of carboxylic acids is 1. The van der Waals surface area contributed by atoms with E-state index in [-0.39, 0.29) is 0 Å². The first kappa shape index (κ1) is 12.5. The van der Waals surface area contributed by atoms with Crippen LogP contribution in [0.1, 0.15) is 30.9 Å². The van der Waals surface area contributed by atoms with Crippen molar-refractivity contribution in [3.8, 4) is 0 Å². The van der Waals surface area contributed by atoms with Gasteiger partial charge in [0.15, 0.2) is 0 Å². The number of carbonyl (C=O) groups is 1. The van der Waals surface area contributed by atoms with Crippen LogP contribution in [0.15, 0.2) is 24.3 Å². The lowest BCUT2D eigenvalue weighted by atomic mass is 9.82. The molecule has 0 spiro atoms. The summed E-state index contributed by atoms with van der Waals surface area (Å²) in [5, 5.41) is 9.20. The zero-order valence-electron chi connectivity index (χ0n) is 10.3. The third kappa shape index (κ3) is 2.65. The van der Waals surface area contributed by atoms with Crippen molar-refractivity contribution in [2.24, 2.45) is 5.41 Å². The van der Waals surface area contributed by atoms with Crippen molar-refractivity contribution >= 4 is 17.7 Å². The van der Waals surface area contributed by atoms with E-state index < -0.39 is 11.4 Å². The van der Waals surface area contributed by atoms with Crippen molar-refractivity contribution in [2.75, 3.05) is 11.5 Å². The standard InChI is InChI=1S/C14H18O2S/c1-14(2,13(15)16)7-10-5-3-4-6-12(10)11-8-17-9-11/h3-6,11H,7-9H2,1-2H3,(H,15,16). The first-order valence-electron chi connectivity index (χ1n) is 5.89. The fourth-order valence-electron chi connectivity index (χ4n) is 2.06. The Morgan fingerprint density at radius 3 is 2.59 bits per heavy atom. The highest BCUT2D eigenvalue weighted by molar-refractivity contribution is 8.00. The van der Waals surface area contributed by atoms with Gasteiger partial charge >= 0.3 is 5.97 Å². The molecule has 0 amide bonds. The molecule has 0 aromatic heterocycles. The van der Waals surface area contributed by atoms with Crippen LogP contribution >= 0.6 is 11.8 Å². The van der Waals surface area contributed by atoms with E-state index >= 15 is 0 Å². The molecular formula is C14H18O2S. The van der Waals surface area contributed by atoms with Gasteiger partial charge in [-0.3, -0.25) is 4.79 Å². The van der Waals surface area contributed by atoms with E-state index in [1.54, 1.807) is 13.8 Å². The molecule has 0 bridgehead atoms. The molecule has 1 N–H and O–H groups in total. The molecule has 17 heavy (non-hydrogen) atoms. The van der Waals surface area contributed by atoms with Gasteiger partial charge in [-0.25, -0.2) is 0 Å². The molecule has 0 unspecified atom stereocenters. The molecule has 1 fully saturated rings. The molecule has 1 heterocycles. The third-order valence-electron chi connectivity index (χ3n) is 3.34. The van der Waals surface area contributed by atoms with E-state index in [4.69, 9.17) is 0 Å². The van der Waals surface area contributed by atoms with Crippen LogP contribution in [0.4, 0.5) is 0 Å². The number of rotatable bonds is 4. The maximum atomic E-state index is 11.2. The van der Waals surface area contributed by atoms with Gasteiger partial charge in [-0.05, 0) is 31.4 Å². The first-order chi connectivity index (χ1) is 8.00. The Balaban J connectivity index is 2.23. The number of hydrogen-bond acceptors (Lipinski definition) is 2. The molecule has 3 heteroatoms. The average molecular weight is 250 g/mol. The minimum Gasteiger partial charge on any atom is -0.481 e. The van der Waals surface area contributed by atoms with E-state index in [1.165, 1.54) is 22.6 Å². The van der Waals surface area contributed by atoms with Crippen molar-refractivity contribution in [1.82, 2.24) is 0 Å². The van der Waals surface area contributed by atoms with Crippen LogP contribution in [-0.2, 0) is 11.2 Å². The highest BCUT2D eigenvalue weighted by atomic mass is 32.2. The van der Waals surface area contributed by atoms with Gasteiger partial charge in [-0.15, -0.1) is 0 Å². The Kier molecular flexibility index (Phi) is 3.48. The summed E-state index contributed by atoms with van der Waals surface area (Å²) in [5.41, 5.74) is 1.86. The molecule has 1 saturated heterocycles. The van der Waals surface area contributed by atoms with Crippen LogP contribution in [0.25, 0.3) is 0 Å². The fraction of sp³-hybridized carbons (Fsp3) is 0.500. The average Bonchev–Trinajstić information content (AvgIpc) is 2.17. The van der Waals surface area contributed by atoms with Gasteiger partial charge in [0.1, 0.15) is 0 Å². The Hall–Kier alpha value is -0.960. The summed E-state index contributed by atoms with van der Waals surface area (Å²) in [6.07, 6.45) is 0.611. The Bertz CT molecular complexity index is 422. The van der Waals surface area contributed by atoms with Crippen molar-refractivity contribution in [3.05, 3.63) is 35.4 Å². The quantitative estimate of drug-likeness (QED) is 0.892. The summed E-state index contributed by atoms with van der Waals surface area (Å²) < 4.78 is 0. The van der Waals surface area contributed by atoms with E-state index in [0.29, 0.717) is 12.3 Å². The molecule has 2 nitrogen and oxygen atoms in total. The molecule has 0 aliphatic carbocycles. The van der Waals surface area contributed by atoms with Gasteiger partial charge < -0.3 is 5.11 Å². The highest BCUT2D eigenvalue weighted by Gasteiger charge is 2.30.